The van der Waals surface area contributed by atoms with Gasteiger partial charge in [0.25, 0.3) is 0 Å². The molecule has 0 radical (unpaired) electrons. The van der Waals surface area contributed by atoms with E-state index in [2.05, 4.69) is 0 Å². The topological polar surface area (TPSA) is 35.5 Å². The van der Waals surface area contributed by atoms with Crippen molar-refractivity contribution in [2.75, 3.05) is 14.2 Å². The summed E-state index contributed by atoms with van der Waals surface area (Å²) in [6.07, 6.45) is 3.87. The number of hydrogen-bond donors (Lipinski definition) is 0. The zero-order valence-electron chi connectivity index (χ0n) is 12.5. The molecular weight excluding hydrogens is 276 g/mol. The molecule has 0 N–H and O–H groups in total. The zero-order chi connectivity index (χ0) is 15.5. The van der Waals surface area contributed by atoms with Gasteiger partial charge in [0.2, 0.25) is 0 Å². The first kappa shape index (κ1) is 14.1. The van der Waals surface area contributed by atoms with Crippen LogP contribution in [0.2, 0.25) is 0 Å². The van der Waals surface area contributed by atoms with E-state index in [4.69, 9.17) is 9.47 Å². The maximum atomic E-state index is 12.0. The van der Waals surface area contributed by atoms with Gasteiger partial charge in [-0.05, 0) is 46.5 Å². The molecule has 0 heterocycles. The van der Waals surface area contributed by atoms with Gasteiger partial charge in [-0.3, -0.25) is 0 Å². The van der Waals surface area contributed by atoms with Crippen LogP contribution in [0.5, 0.6) is 5.75 Å². The second kappa shape index (κ2) is 5.90. The first-order valence-electron chi connectivity index (χ1n) is 6.98. The molecule has 110 valence electrons. The van der Waals surface area contributed by atoms with Crippen LogP contribution in [0, 0.1) is 0 Å². The van der Waals surface area contributed by atoms with Gasteiger partial charge in [-0.2, -0.15) is 0 Å². The minimum absolute atomic E-state index is 0.323. The van der Waals surface area contributed by atoms with Crippen LogP contribution in [-0.4, -0.2) is 20.2 Å². The highest BCUT2D eigenvalue weighted by atomic mass is 16.5. The van der Waals surface area contributed by atoms with E-state index in [1.54, 1.807) is 7.11 Å². The van der Waals surface area contributed by atoms with Crippen LogP contribution in [0.4, 0.5) is 0 Å². The van der Waals surface area contributed by atoms with E-state index in [0.717, 1.165) is 28.0 Å². The van der Waals surface area contributed by atoms with Crippen molar-refractivity contribution in [2.24, 2.45) is 0 Å². The van der Waals surface area contributed by atoms with Crippen LogP contribution in [0.3, 0.4) is 0 Å². The molecule has 0 unspecified atom stereocenters. The highest BCUT2D eigenvalue weighted by Gasteiger charge is 2.24. The van der Waals surface area contributed by atoms with Crippen molar-refractivity contribution >= 4 is 23.7 Å². The van der Waals surface area contributed by atoms with Crippen LogP contribution >= 0.6 is 0 Å². The third-order valence-electron chi connectivity index (χ3n) is 3.67. The highest BCUT2D eigenvalue weighted by molar-refractivity contribution is 6.18. The van der Waals surface area contributed by atoms with Gasteiger partial charge in [0.15, 0.2) is 0 Å². The average molecular weight is 292 g/mol. The molecule has 3 nitrogen and oxygen atoms in total. The molecule has 0 atom stereocenters. The van der Waals surface area contributed by atoms with Gasteiger partial charge in [-0.15, -0.1) is 0 Å². The van der Waals surface area contributed by atoms with Crippen molar-refractivity contribution in [1.82, 2.24) is 0 Å². The summed E-state index contributed by atoms with van der Waals surface area (Å²) in [5.41, 5.74) is 4.54. The molecule has 3 rings (SSSR count). The van der Waals surface area contributed by atoms with Crippen molar-refractivity contribution in [3.05, 3.63) is 70.8 Å². The molecule has 0 spiro atoms. The Balaban J connectivity index is 2.06. The van der Waals surface area contributed by atoms with Gasteiger partial charge < -0.3 is 9.47 Å². The van der Waals surface area contributed by atoms with Gasteiger partial charge in [-0.1, -0.05) is 36.4 Å². The van der Waals surface area contributed by atoms with E-state index in [0.29, 0.717) is 5.57 Å². The fourth-order valence-electron chi connectivity index (χ4n) is 2.55. The predicted octanol–water partition coefficient (Wildman–Crippen LogP) is 3.81. The summed E-state index contributed by atoms with van der Waals surface area (Å²) in [5, 5.41) is 0. The number of methoxy groups -OCH3 is 2. The van der Waals surface area contributed by atoms with E-state index >= 15 is 0 Å². The first-order valence-corrected chi connectivity index (χ1v) is 6.98. The molecule has 0 saturated heterocycles. The Kier molecular flexibility index (Phi) is 3.79. The zero-order valence-corrected chi connectivity index (χ0v) is 12.5. The maximum Gasteiger partial charge on any atom is 0.338 e. The van der Waals surface area contributed by atoms with Gasteiger partial charge in [-0.25, -0.2) is 4.79 Å². The third kappa shape index (κ3) is 2.53. The number of esters is 1. The summed E-state index contributed by atoms with van der Waals surface area (Å²) in [7, 11) is 3.04. The lowest BCUT2D eigenvalue weighted by atomic mass is 10.00. The van der Waals surface area contributed by atoms with E-state index in [1.807, 2.05) is 60.7 Å². The Hall–Kier alpha value is -2.81. The number of hydrogen-bond acceptors (Lipinski definition) is 3. The van der Waals surface area contributed by atoms with E-state index in [1.165, 1.54) is 7.11 Å². The Labute approximate surface area is 129 Å². The summed E-state index contributed by atoms with van der Waals surface area (Å²) in [5.74, 6) is 0.480. The van der Waals surface area contributed by atoms with Gasteiger partial charge in [0, 0.05) is 0 Å². The standard InChI is InChI=1S/C19H16O3/c1-21-15-9-7-13(8-10-15)11-17-16-6-4-3-5-14(16)12-18(17)19(20)22-2/h3-12H,1-2H3/b17-11+. The molecule has 2 aromatic carbocycles. The fourth-order valence-corrected chi connectivity index (χ4v) is 2.55. The number of carbonyl (C=O) groups is 1. The lowest BCUT2D eigenvalue weighted by molar-refractivity contribution is -0.135. The first-order chi connectivity index (χ1) is 10.7. The van der Waals surface area contributed by atoms with Gasteiger partial charge in [0.1, 0.15) is 5.75 Å². The summed E-state index contributed by atoms with van der Waals surface area (Å²) >= 11 is 0. The highest BCUT2D eigenvalue weighted by Crippen LogP contribution is 2.37. The number of fused-ring (bicyclic) bond motifs is 1. The Bertz CT molecular complexity index is 768. The largest absolute Gasteiger partial charge is 0.497 e. The Morgan fingerprint density at radius 1 is 1.00 bits per heavy atom. The minimum Gasteiger partial charge on any atom is -0.497 e. The molecule has 0 amide bonds. The third-order valence-corrected chi connectivity index (χ3v) is 3.67. The van der Waals surface area contributed by atoms with E-state index in [-0.39, 0.29) is 5.97 Å². The fraction of sp³-hybridized carbons (Fsp3) is 0.105. The second-order valence-corrected chi connectivity index (χ2v) is 4.97. The second-order valence-electron chi connectivity index (χ2n) is 4.97. The summed E-state index contributed by atoms with van der Waals surface area (Å²) in [6, 6.07) is 15.6. The molecule has 0 bridgehead atoms. The van der Waals surface area contributed by atoms with Crippen molar-refractivity contribution in [3.8, 4) is 5.75 Å². The van der Waals surface area contributed by atoms with E-state index in [9.17, 15) is 4.79 Å². The lowest BCUT2D eigenvalue weighted by Gasteiger charge is -2.07. The Morgan fingerprint density at radius 3 is 2.41 bits per heavy atom. The molecule has 0 aromatic heterocycles. The quantitative estimate of drug-likeness (QED) is 0.807. The lowest BCUT2D eigenvalue weighted by Crippen LogP contribution is -2.03. The van der Waals surface area contributed by atoms with Crippen LogP contribution in [0.15, 0.2) is 54.1 Å². The normalized spacial score (nSPS) is 14.5. The van der Waals surface area contributed by atoms with Crippen molar-refractivity contribution in [3.63, 3.8) is 0 Å². The minimum atomic E-state index is -0.323. The number of ether oxygens (including phenoxy) is 2. The van der Waals surface area contributed by atoms with Gasteiger partial charge >= 0.3 is 5.97 Å². The summed E-state index contributed by atoms with van der Waals surface area (Å²) < 4.78 is 10.1. The van der Waals surface area contributed by atoms with Crippen LogP contribution in [-0.2, 0) is 9.53 Å². The molecule has 22 heavy (non-hydrogen) atoms. The molecule has 3 heteroatoms. The van der Waals surface area contributed by atoms with Crippen LogP contribution in [0.1, 0.15) is 16.7 Å². The van der Waals surface area contributed by atoms with Gasteiger partial charge in [0.05, 0.1) is 19.8 Å². The smallest absolute Gasteiger partial charge is 0.338 e. The van der Waals surface area contributed by atoms with Crippen LogP contribution in [0.25, 0.3) is 17.7 Å². The van der Waals surface area contributed by atoms with E-state index < -0.39 is 0 Å². The van der Waals surface area contributed by atoms with Crippen molar-refractivity contribution in [1.29, 1.82) is 0 Å². The monoisotopic (exact) mass is 292 g/mol. The molecule has 0 fully saturated rings. The number of benzene rings is 2. The maximum absolute atomic E-state index is 12.0. The molecule has 2 aromatic rings. The molecule has 1 aliphatic carbocycles. The molecular formula is C19H16O3. The molecule has 0 saturated carbocycles. The van der Waals surface area contributed by atoms with Crippen molar-refractivity contribution < 1.29 is 14.3 Å². The SMILES string of the molecule is COC(=O)C1=Cc2ccccc2/C1=C\c1ccc(OC)cc1. The van der Waals surface area contributed by atoms with Crippen LogP contribution < -0.4 is 4.74 Å². The molecule has 0 aliphatic heterocycles. The predicted molar refractivity (Wildman–Crippen MR) is 87.3 cm³/mol. The average Bonchev–Trinajstić information content (AvgIpc) is 2.93. The van der Waals surface area contributed by atoms with Crippen molar-refractivity contribution in [2.45, 2.75) is 0 Å². The molecule has 1 aliphatic rings. The number of carbonyl (C=O) groups excluding carboxylic acids is 1. The number of rotatable bonds is 3. The Morgan fingerprint density at radius 2 is 1.73 bits per heavy atom. The summed E-state index contributed by atoms with van der Waals surface area (Å²) in [6.45, 7) is 0. The summed E-state index contributed by atoms with van der Waals surface area (Å²) in [4.78, 5) is 12.0.